The summed E-state index contributed by atoms with van der Waals surface area (Å²) in [6.45, 7) is 4.50. The van der Waals surface area contributed by atoms with Crippen LogP contribution >= 0.6 is 11.8 Å². The van der Waals surface area contributed by atoms with Gasteiger partial charge in [0.25, 0.3) is 0 Å². The fourth-order valence-electron chi connectivity index (χ4n) is 2.15. The van der Waals surface area contributed by atoms with E-state index in [1.165, 1.54) is 5.56 Å². The van der Waals surface area contributed by atoms with E-state index in [1.54, 1.807) is 0 Å². The number of aromatic nitrogens is 1. The summed E-state index contributed by atoms with van der Waals surface area (Å²) in [5.41, 5.74) is 3.29. The molecular weight excluding hydrogens is 304 g/mol. The SMILES string of the molecule is CCNC(=NCc1cccc(-c2ccccn2)c1)NCCSC. The van der Waals surface area contributed by atoms with Crippen LogP contribution in [0.1, 0.15) is 12.5 Å². The standard InChI is InChI=1S/C18H24N4S/c1-3-19-18(21-11-12-23-2)22-14-15-7-6-8-16(13-15)17-9-4-5-10-20-17/h4-10,13H,3,11-12,14H2,1-2H3,(H2,19,21,22). The Labute approximate surface area is 142 Å². The molecule has 1 aromatic carbocycles. The second kappa shape index (κ2) is 9.90. The summed E-state index contributed by atoms with van der Waals surface area (Å²) >= 11 is 1.82. The summed E-state index contributed by atoms with van der Waals surface area (Å²) in [6, 6.07) is 14.3. The fourth-order valence-corrected chi connectivity index (χ4v) is 2.45. The van der Waals surface area contributed by atoms with E-state index in [4.69, 9.17) is 0 Å². The summed E-state index contributed by atoms with van der Waals surface area (Å²) in [6.07, 6.45) is 3.92. The predicted molar refractivity (Wildman–Crippen MR) is 101 cm³/mol. The van der Waals surface area contributed by atoms with E-state index in [2.05, 4.69) is 58.1 Å². The van der Waals surface area contributed by atoms with Gasteiger partial charge in [-0.2, -0.15) is 11.8 Å². The van der Waals surface area contributed by atoms with Crippen molar-refractivity contribution in [3.63, 3.8) is 0 Å². The number of pyridine rings is 1. The third kappa shape index (κ3) is 5.94. The van der Waals surface area contributed by atoms with E-state index in [0.29, 0.717) is 6.54 Å². The molecule has 0 amide bonds. The lowest BCUT2D eigenvalue weighted by Crippen LogP contribution is -2.38. The third-order valence-corrected chi connectivity index (χ3v) is 3.86. The molecule has 0 spiro atoms. The van der Waals surface area contributed by atoms with Gasteiger partial charge in [-0.1, -0.05) is 24.3 Å². The highest BCUT2D eigenvalue weighted by molar-refractivity contribution is 7.98. The Morgan fingerprint density at radius 2 is 2.09 bits per heavy atom. The molecule has 2 rings (SSSR count). The van der Waals surface area contributed by atoms with Crippen LogP contribution in [0, 0.1) is 0 Å². The van der Waals surface area contributed by atoms with Crippen molar-refractivity contribution in [3.8, 4) is 11.3 Å². The highest BCUT2D eigenvalue weighted by Crippen LogP contribution is 2.18. The van der Waals surface area contributed by atoms with Crippen LogP contribution in [-0.2, 0) is 6.54 Å². The van der Waals surface area contributed by atoms with Crippen molar-refractivity contribution >= 4 is 17.7 Å². The number of nitrogens with zero attached hydrogens (tertiary/aromatic N) is 2. The molecular formula is C18H24N4S. The first-order valence-electron chi connectivity index (χ1n) is 7.85. The van der Waals surface area contributed by atoms with Crippen molar-refractivity contribution in [2.24, 2.45) is 4.99 Å². The molecule has 5 heteroatoms. The van der Waals surface area contributed by atoms with Crippen LogP contribution in [0.3, 0.4) is 0 Å². The van der Waals surface area contributed by atoms with E-state index in [-0.39, 0.29) is 0 Å². The molecule has 0 unspecified atom stereocenters. The number of hydrogen-bond donors (Lipinski definition) is 2. The number of thioether (sulfide) groups is 1. The maximum absolute atomic E-state index is 4.66. The van der Waals surface area contributed by atoms with Crippen molar-refractivity contribution in [2.45, 2.75) is 13.5 Å². The van der Waals surface area contributed by atoms with E-state index < -0.39 is 0 Å². The van der Waals surface area contributed by atoms with Crippen molar-refractivity contribution in [2.75, 3.05) is 25.1 Å². The first kappa shape index (κ1) is 17.3. The second-order valence-corrected chi connectivity index (χ2v) is 6.02. The van der Waals surface area contributed by atoms with E-state index in [0.717, 1.165) is 36.1 Å². The van der Waals surface area contributed by atoms with Gasteiger partial charge < -0.3 is 10.6 Å². The van der Waals surface area contributed by atoms with Crippen LogP contribution in [0.2, 0.25) is 0 Å². The number of nitrogens with one attached hydrogen (secondary N) is 2. The van der Waals surface area contributed by atoms with Crippen molar-refractivity contribution in [3.05, 3.63) is 54.2 Å². The van der Waals surface area contributed by atoms with E-state index in [1.807, 2.05) is 36.2 Å². The zero-order valence-corrected chi connectivity index (χ0v) is 14.6. The quantitative estimate of drug-likeness (QED) is 0.466. The molecule has 0 aliphatic rings. The second-order valence-electron chi connectivity index (χ2n) is 5.03. The van der Waals surface area contributed by atoms with Gasteiger partial charge in [0, 0.05) is 30.6 Å². The molecule has 0 fully saturated rings. The molecule has 0 bridgehead atoms. The van der Waals surface area contributed by atoms with Crippen LogP contribution in [-0.4, -0.2) is 36.0 Å². The minimum absolute atomic E-state index is 0.648. The largest absolute Gasteiger partial charge is 0.357 e. The van der Waals surface area contributed by atoms with Gasteiger partial charge in [0.1, 0.15) is 0 Å². The molecule has 4 nitrogen and oxygen atoms in total. The van der Waals surface area contributed by atoms with Crippen LogP contribution in [0.4, 0.5) is 0 Å². The zero-order chi connectivity index (χ0) is 16.3. The molecule has 0 aliphatic carbocycles. The van der Waals surface area contributed by atoms with Gasteiger partial charge in [0.15, 0.2) is 5.96 Å². The van der Waals surface area contributed by atoms with Crippen LogP contribution in [0.25, 0.3) is 11.3 Å². The lowest BCUT2D eigenvalue weighted by atomic mass is 10.1. The molecule has 0 atom stereocenters. The summed E-state index contributed by atoms with van der Waals surface area (Å²) in [7, 11) is 0. The number of aliphatic imine (C=N–C) groups is 1. The van der Waals surface area contributed by atoms with Crippen molar-refractivity contribution < 1.29 is 0 Å². The van der Waals surface area contributed by atoms with Gasteiger partial charge in [0.2, 0.25) is 0 Å². The molecule has 0 radical (unpaired) electrons. The Morgan fingerprint density at radius 3 is 2.83 bits per heavy atom. The van der Waals surface area contributed by atoms with Gasteiger partial charge in [-0.25, -0.2) is 4.99 Å². The Hall–Kier alpha value is -2.01. The van der Waals surface area contributed by atoms with E-state index in [9.17, 15) is 0 Å². The lowest BCUT2D eigenvalue weighted by Gasteiger charge is -2.11. The smallest absolute Gasteiger partial charge is 0.191 e. The molecule has 1 heterocycles. The Kier molecular flexibility index (Phi) is 7.46. The first-order valence-corrected chi connectivity index (χ1v) is 9.24. The molecule has 1 aromatic heterocycles. The van der Waals surface area contributed by atoms with Crippen molar-refractivity contribution in [1.82, 2.24) is 15.6 Å². The molecule has 0 saturated carbocycles. The maximum atomic E-state index is 4.66. The molecule has 0 aliphatic heterocycles. The average molecular weight is 328 g/mol. The Bertz CT molecular complexity index is 613. The normalized spacial score (nSPS) is 11.3. The topological polar surface area (TPSA) is 49.3 Å². The highest BCUT2D eigenvalue weighted by atomic mass is 32.2. The average Bonchev–Trinajstić information content (AvgIpc) is 2.61. The van der Waals surface area contributed by atoms with Gasteiger partial charge in [-0.3, -0.25) is 4.98 Å². The summed E-state index contributed by atoms with van der Waals surface area (Å²) in [5.74, 6) is 1.93. The number of benzene rings is 1. The predicted octanol–water partition coefficient (Wildman–Crippen LogP) is 3.17. The van der Waals surface area contributed by atoms with Gasteiger partial charge in [-0.15, -0.1) is 0 Å². The minimum Gasteiger partial charge on any atom is -0.357 e. The first-order chi connectivity index (χ1) is 11.3. The number of rotatable bonds is 7. The van der Waals surface area contributed by atoms with Crippen LogP contribution in [0.5, 0.6) is 0 Å². The molecule has 122 valence electrons. The zero-order valence-electron chi connectivity index (χ0n) is 13.7. The Morgan fingerprint density at radius 1 is 1.17 bits per heavy atom. The lowest BCUT2D eigenvalue weighted by molar-refractivity contribution is 0.843. The van der Waals surface area contributed by atoms with Crippen LogP contribution in [0.15, 0.2) is 53.7 Å². The third-order valence-electron chi connectivity index (χ3n) is 3.25. The molecule has 2 N–H and O–H groups in total. The Balaban J connectivity index is 2.05. The van der Waals surface area contributed by atoms with Crippen LogP contribution < -0.4 is 10.6 Å². The van der Waals surface area contributed by atoms with Gasteiger partial charge in [-0.05, 0) is 36.9 Å². The number of guanidine groups is 1. The van der Waals surface area contributed by atoms with Gasteiger partial charge in [0.05, 0.1) is 12.2 Å². The monoisotopic (exact) mass is 328 g/mol. The maximum Gasteiger partial charge on any atom is 0.191 e. The van der Waals surface area contributed by atoms with Gasteiger partial charge >= 0.3 is 0 Å². The summed E-state index contributed by atoms with van der Waals surface area (Å²) in [4.78, 5) is 9.06. The van der Waals surface area contributed by atoms with Crippen molar-refractivity contribution in [1.29, 1.82) is 0 Å². The fraction of sp³-hybridized carbons (Fsp3) is 0.333. The summed E-state index contributed by atoms with van der Waals surface area (Å²) < 4.78 is 0. The number of hydrogen-bond acceptors (Lipinski definition) is 3. The molecule has 0 saturated heterocycles. The molecule has 23 heavy (non-hydrogen) atoms. The highest BCUT2D eigenvalue weighted by Gasteiger charge is 2.01. The summed E-state index contributed by atoms with van der Waals surface area (Å²) in [5, 5.41) is 6.62. The van der Waals surface area contributed by atoms with E-state index >= 15 is 0 Å². The molecule has 2 aromatic rings. The minimum atomic E-state index is 0.648.